The first-order valence-corrected chi connectivity index (χ1v) is 6.00. The third kappa shape index (κ3) is 5.02. The number of thioether (sulfide) groups is 1. The van der Waals surface area contributed by atoms with Gasteiger partial charge in [-0.05, 0) is 19.3 Å². The summed E-state index contributed by atoms with van der Waals surface area (Å²) in [6.07, 6.45) is 13.6. The fourth-order valence-electron chi connectivity index (χ4n) is 1.43. The molecule has 1 rings (SSSR count). The molecule has 0 saturated heterocycles. The SMILES string of the molecule is C#CCSCCNC1C=CCCC1. The smallest absolute Gasteiger partial charge is 0.0545 e. The predicted molar refractivity (Wildman–Crippen MR) is 60.9 cm³/mol. The number of hydrogen-bond acceptors (Lipinski definition) is 2. The number of nitrogens with one attached hydrogen (secondary N) is 1. The van der Waals surface area contributed by atoms with Crippen LogP contribution < -0.4 is 5.32 Å². The van der Waals surface area contributed by atoms with Gasteiger partial charge in [-0.3, -0.25) is 0 Å². The first-order chi connectivity index (χ1) is 6.43. The van der Waals surface area contributed by atoms with Gasteiger partial charge in [-0.2, -0.15) is 0 Å². The third-order valence-electron chi connectivity index (χ3n) is 2.09. The molecule has 1 N–H and O–H groups in total. The van der Waals surface area contributed by atoms with Gasteiger partial charge in [0.2, 0.25) is 0 Å². The van der Waals surface area contributed by atoms with Crippen LogP contribution in [0.4, 0.5) is 0 Å². The highest BCUT2D eigenvalue weighted by atomic mass is 32.2. The molecule has 1 aliphatic rings. The van der Waals surface area contributed by atoms with Gasteiger partial charge in [0.1, 0.15) is 0 Å². The van der Waals surface area contributed by atoms with E-state index < -0.39 is 0 Å². The highest BCUT2D eigenvalue weighted by molar-refractivity contribution is 7.99. The van der Waals surface area contributed by atoms with Crippen molar-refractivity contribution in [3.05, 3.63) is 12.2 Å². The Labute approximate surface area is 85.4 Å². The molecule has 2 heteroatoms. The van der Waals surface area contributed by atoms with Crippen LogP contribution in [0.3, 0.4) is 0 Å². The van der Waals surface area contributed by atoms with Gasteiger partial charge in [-0.25, -0.2) is 0 Å². The Kier molecular flexibility index (Phi) is 5.80. The maximum absolute atomic E-state index is 5.15. The van der Waals surface area contributed by atoms with E-state index in [9.17, 15) is 0 Å². The maximum Gasteiger partial charge on any atom is 0.0545 e. The molecule has 0 aliphatic heterocycles. The molecule has 1 atom stereocenters. The van der Waals surface area contributed by atoms with Crippen LogP contribution in [0.25, 0.3) is 0 Å². The monoisotopic (exact) mass is 195 g/mol. The van der Waals surface area contributed by atoms with Crippen LogP contribution >= 0.6 is 11.8 Å². The van der Waals surface area contributed by atoms with Crippen molar-refractivity contribution >= 4 is 11.8 Å². The van der Waals surface area contributed by atoms with E-state index in [1.807, 2.05) is 11.8 Å². The molecule has 72 valence electrons. The van der Waals surface area contributed by atoms with Gasteiger partial charge in [0.25, 0.3) is 0 Å². The van der Waals surface area contributed by atoms with Gasteiger partial charge in [0.05, 0.1) is 5.75 Å². The molecule has 0 amide bonds. The molecule has 0 aromatic heterocycles. The zero-order valence-corrected chi connectivity index (χ0v) is 8.78. The molecule has 1 unspecified atom stereocenters. The quantitative estimate of drug-likeness (QED) is 0.409. The molecule has 0 aromatic carbocycles. The molecule has 0 fully saturated rings. The summed E-state index contributed by atoms with van der Waals surface area (Å²) in [6, 6.07) is 0.611. The molecular formula is C11H17NS. The molecule has 0 spiro atoms. The Hall–Kier alpha value is -0.390. The zero-order chi connectivity index (χ0) is 9.36. The minimum absolute atomic E-state index is 0.611. The highest BCUT2D eigenvalue weighted by Gasteiger charge is 2.05. The molecule has 0 heterocycles. The van der Waals surface area contributed by atoms with Crippen molar-refractivity contribution in [2.75, 3.05) is 18.1 Å². The summed E-state index contributed by atoms with van der Waals surface area (Å²) in [5, 5.41) is 3.50. The van der Waals surface area contributed by atoms with Crippen LogP contribution in [0, 0.1) is 12.3 Å². The second kappa shape index (κ2) is 7.06. The molecule has 0 bridgehead atoms. The van der Waals surface area contributed by atoms with E-state index in [2.05, 4.69) is 23.4 Å². The lowest BCUT2D eigenvalue weighted by Crippen LogP contribution is -2.30. The van der Waals surface area contributed by atoms with Crippen LogP contribution in [0.1, 0.15) is 19.3 Å². The van der Waals surface area contributed by atoms with E-state index in [-0.39, 0.29) is 0 Å². The van der Waals surface area contributed by atoms with E-state index in [1.165, 1.54) is 19.3 Å². The standard InChI is InChI=1S/C11H17NS/c1-2-9-13-10-8-12-11-6-4-3-5-7-11/h1,4,6,11-12H,3,5,7-10H2. The van der Waals surface area contributed by atoms with Crippen molar-refractivity contribution in [2.45, 2.75) is 25.3 Å². The second-order valence-corrected chi connectivity index (χ2v) is 4.28. The zero-order valence-electron chi connectivity index (χ0n) is 7.96. The summed E-state index contributed by atoms with van der Waals surface area (Å²) in [6.45, 7) is 1.07. The fraction of sp³-hybridized carbons (Fsp3) is 0.636. The maximum atomic E-state index is 5.15. The first kappa shape index (κ1) is 10.7. The summed E-state index contributed by atoms with van der Waals surface area (Å²) in [5.41, 5.74) is 0. The van der Waals surface area contributed by atoms with Gasteiger partial charge in [0.15, 0.2) is 0 Å². The number of rotatable bonds is 5. The van der Waals surface area contributed by atoms with Crippen molar-refractivity contribution in [3.8, 4) is 12.3 Å². The molecule has 0 aromatic rings. The predicted octanol–water partition coefficient (Wildman–Crippen LogP) is 2.05. The molecule has 1 nitrogen and oxygen atoms in total. The Morgan fingerprint density at radius 2 is 2.54 bits per heavy atom. The van der Waals surface area contributed by atoms with E-state index in [0.717, 1.165) is 18.1 Å². The molecule has 0 saturated carbocycles. The average molecular weight is 195 g/mol. The van der Waals surface area contributed by atoms with Crippen LogP contribution in [0.15, 0.2) is 12.2 Å². The van der Waals surface area contributed by atoms with Crippen LogP contribution in [-0.2, 0) is 0 Å². The fourth-order valence-corrected chi connectivity index (χ4v) is 1.95. The topological polar surface area (TPSA) is 12.0 Å². The minimum atomic E-state index is 0.611. The highest BCUT2D eigenvalue weighted by Crippen LogP contribution is 2.09. The van der Waals surface area contributed by atoms with Gasteiger partial charge < -0.3 is 5.32 Å². The Balaban J connectivity index is 1.96. The van der Waals surface area contributed by atoms with Gasteiger partial charge in [0, 0.05) is 18.3 Å². The Morgan fingerprint density at radius 1 is 1.62 bits per heavy atom. The van der Waals surface area contributed by atoms with Crippen molar-refractivity contribution in [3.63, 3.8) is 0 Å². The summed E-state index contributed by atoms with van der Waals surface area (Å²) in [5.74, 6) is 4.58. The van der Waals surface area contributed by atoms with Crippen LogP contribution in [-0.4, -0.2) is 24.1 Å². The molecule has 1 aliphatic carbocycles. The van der Waals surface area contributed by atoms with Crippen molar-refractivity contribution in [2.24, 2.45) is 0 Å². The lowest BCUT2D eigenvalue weighted by atomic mass is 10.0. The molecule has 13 heavy (non-hydrogen) atoms. The second-order valence-electron chi connectivity index (χ2n) is 3.18. The van der Waals surface area contributed by atoms with Gasteiger partial charge >= 0.3 is 0 Å². The summed E-state index contributed by atoms with van der Waals surface area (Å²) in [4.78, 5) is 0. The lowest BCUT2D eigenvalue weighted by molar-refractivity contribution is 0.539. The minimum Gasteiger partial charge on any atom is -0.310 e. The first-order valence-electron chi connectivity index (χ1n) is 4.84. The Bertz CT molecular complexity index is 193. The number of terminal acetylenes is 1. The average Bonchev–Trinajstić information content (AvgIpc) is 2.19. The summed E-state index contributed by atoms with van der Waals surface area (Å²) in [7, 11) is 0. The van der Waals surface area contributed by atoms with Crippen molar-refractivity contribution < 1.29 is 0 Å². The third-order valence-corrected chi connectivity index (χ3v) is 2.96. The Morgan fingerprint density at radius 3 is 3.23 bits per heavy atom. The summed E-state index contributed by atoms with van der Waals surface area (Å²) >= 11 is 1.82. The van der Waals surface area contributed by atoms with Crippen molar-refractivity contribution in [1.29, 1.82) is 0 Å². The van der Waals surface area contributed by atoms with Crippen LogP contribution in [0.2, 0.25) is 0 Å². The van der Waals surface area contributed by atoms with E-state index in [0.29, 0.717) is 6.04 Å². The van der Waals surface area contributed by atoms with Gasteiger partial charge in [-0.1, -0.05) is 18.1 Å². The number of hydrogen-bond donors (Lipinski definition) is 1. The van der Waals surface area contributed by atoms with Gasteiger partial charge in [-0.15, -0.1) is 18.2 Å². The molecule has 0 radical (unpaired) electrons. The summed E-state index contributed by atoms with van der Waals surface area (Å²) < 4.78 is 0. The van der Waals surface area contributed by atoms with Crippen LogP contribution in [0.5, 0.6) is 0 Å². The normalized spacial score (nSPS) is 21.3. The number of allylic oxidation sites excluding steroid dienone is 1. The van der Waals surface area contributed by atoms with E-state index in [4.69, 9.17) is 6.42 Å². The van der Waals surface area contributed by atoms with E-state index >= 15 is 0 Å². The largest absolute Gasteiger partial charge is 0.310 e. The van der Waals surface area contributed by atoms with Crippen molar-refractivity contribution in [1.82, 2.24) is 5.32 Å². The molecular weight excluding hydrogens is 178 g/mol. The van der Waals surface area contributed by atoms with E-state index in [1.54, 1.807) is 0 Å². The lowest BCUT2D eigenvalue weighted by Gasteiger charge is -2.17.